The summed E-state index contributed by atoms with van der Waals surface area (Å²) in [7, 11) is 0. The Morgan fingerprint density at radius 3 is 2.61 bits per heavy atom. The number of carbonyl (C=O) groups is 1. The van der Waals surface area contributed by atoms with Crippen molar-refractivity contribution in [1.29, 1.82) is 0 Å². The number of pyridine rings is 1. The van der Waals surface area contributed by atoms with Crippen LogP contribution < -0.4 is 0 Å². The van der Waals surface area contributed by atoms with Gasteiger partial charge in [-0.1, -0.05) is 11.8 Å². The summed E-state index contributed by atoms with van der Waals surface area (Å²) in [5.74, 6) is -0.951. The van der Waals surface area contributed by atoms with Crippen LogP contribution in [0.4, 0.5) is 0 Å². The zero-order chi connectivity index (χ0) is 13.1. The Morgan fingerprint density at radius 2 is 2.00 bits per heavy atom. The van der Waals surface area contributed by atoms with Crippen LogP contribution in [0.25, 0.3) is 0 Å². The van der Waals surface area contributed by atoms with E-state index in [1.165, 1.54) is 11.8 Å². The van der Waals surface area contributed by atoms with Crippen molar-refractivity contribution >= 4 is 49.6 Å². The van der Waals surface area contributed by atoms with E-state index < -0.39 is 5.97 Å². The molecule has 6 heteroatoms. The number of carboxylic acids is 1. The molecule has 0 radical (unpaired) electrons. The Balaban J connectivity index is 2.27. The highest BCUT2D eigenvalue weighted by atomic mass is 79.9. The second-order valence-electron chi connectivity index (χ2n) is 3.36. The Hall–Kier alpha value is -0.850. The van der Waals surface area contributed by atoms with E-state index in [9.17, 15) is 4.79 Å². The van der Waals surface area contributed by atoms with Crippen molar-refractivity contribution in [3.63, 3.8) is 0 Å². The molecule has 2 aromatic rings. The number of rotatable bonds is 3. The predicted molar refractivity (Wildman–Crippen MR) is 77.2 cm³/mol. The summed E-state index contributed by atoms with van der Waals surface area (Å²) in [6.07, 6.45) is 1.71. The molecule has 1 aromatic heterocycles. The van der Waals surface area contributed by atoms with Gasteiger partial charge in [0.1, 0.15) is 5.03 Å². The van der Waals surface area contributed by atoms with E-state index in [1.807, 2.05) is 18.2 Å². The van der Waals surface area contributed by atoms with Gasteiger partial charge in [-0.05, 0) is 62.2 Å². The largest absolute Gasteiger partial charge is 0.478 e. The molecule has 1 aromatic carbocycles. The maximum absolute atomic E-state index is 11.0. The maximum atomic E-state index is 11.0. The summed E-state index contributed by atoms with van der Waals surface area (Å²) in [6.45, 7) is 0. The fraction of sp³-hybridized carbons (Fsp3) is 0. The average Bonchev–Trinajstić information content (AvgIpc) is 2.34. The molecule has 0 saturated carbocycles. The van der Waals surface area contributed by atoms with E-state index in [1.54, 1.807) is 18.3 Å². The van der Waals surface area contributed by atoms with Crippen LogP contribution >= 0.6 is 43.6 Å². The van der Waals surface area contributed by atoms with Gasteiger partial charge < -0.3 is 5.11 Å². The third-order valence-corrected chi connectivity index (χ3v) is 4.19. The van der Waals surface area contributed by atoms with Gasteiger partial charge in [0, 0.05) is 20.0 Å². The quantitative estimate of drug-likeness (QED) is 0.843. The van der Waals surface area contributed by atoms with Gasteiger partial charge in [0.2, 0.25) is 0 Å². The predicted octanol–water partition coefficient (Wildman–Crippen LogP) is 4.46. The second-order valence-corrected chi connectivity index (χ2v) is 6.23. The molecule has 0 aliphatic carbocycles. The lowest BCUT2D eigenvalue weighted by Gasteiger charge is -2.04. The van der Waals surface area contributed by atoms with Crippen LogP contribution in [-0.2, 0) is 0 Å². The smallest absolute Gasteiger partial charge is 0.336 e. The first-order chi connectivity index (χ1) is 8.56. The fourth-order valence-electron chi connectivity index (χ4n) is 1.28. The van der Waals surface area contributed by atoms with E-state index in [0.717, 1.165) is 14.4 Å². The Bertz CT molecular complexity index is 587. The summed E-state index contributed by atoms with van der Waals surface area (Å²) >= 11 is 7.95. The summed E-state index contributed by atoms with van der Waals surface area (Å²) in [6, 6.07) is 8.97. The van der Waals surface area contributed by atoms with E-state index in [-0.39, 0.29) is 5.56 Å². The van der Waals surface area contributed by atoms with Crippen molar-refractivity contribution in [2.24, 2.45) is 0 Å². The van der Waals surface area contributed by atoms with Gasteiger partial charge in [-0.3, -0.25) is 0 Å². The SMILES string of the molecule is O=C(O)c1cc(Sc2ccc(Br)cn2)ccc1Br. The van der Waals surface area contributed by atoms with Gasteiger partial charge in [-0.25, -0.2) is 9.78 Å². The lowest BCUT2D eigenvalue weighted by molar-refractivity contribution is 0.0695. The lowest BCUT2D eigenvalue weighted by Crippen LogP contribution is -1.97. The van der Waals surface area contributed by atoms with Crippen LogP contribution in [0.2, 0.25) is 0 Å². The van der Waals surface area contributed by atoms with Crippen molar-refractivity contribution in [3.8, 4) is 0 Å². The zero-order valence-electron chi connectivity index (χ0n) is 8.93. The summed E-state index contributed by atoms with van der Waals surface area (Å²) in [5, 5.41) is 9.85. The van der Waals surface area contributed by atoms with Crippen LogP contribution in [0, 0.1) is 0 Å². The number of hydrogen-bond acceptors (Lipinski definition) is 3. The monoisotopic (exact) mass is 387 g/mol. The van der Waals surface area contributed by atoms with Gasteiger partial charge in [0.25, 0.3) is 0 Å². The molecule has 0 fully saturated rings. The highest BCUT2D eigenvalue weighted by Crippen LogP contribution is 2.29. The molecule has 1 N–H and O–H groups in total. The van der Waals surface area contributed by atoms with Crippen molar-refractivity contribution < 1.29 is 9.90 Å². The molecule has 18 heavy (non-hydrogen) atoms. The third-order valence-electron chi connectivity index (χ3n) is 2.09. The molecule has 0 unspecified atom stereocenters. The molecule has 1 heterocycles. The number of aromatic nitrogens is 1. The lowest BCUT2D eigenvalue weighted by atomic mass is 10.2. The molecule has 3 nitrogen and oxygen atoms in total. The Kier molecular flexibility index (Phi) is 4.42. The highest BCUT2D eigenvalue weighted by Gasteiger charge is 2.09. The normalized spacial score (nSPS) is 10.3. The van der Waals surface area contributed by atoms with Crippen molar-refractivity contribution in [1.82, 2.24) is 4.98 Å². The number of nitrogens with zero attached hydrogens (tertiary/aromatic N) is 1. The minimum Gasteiger partial charge on any atom is -0.478 e. The average molecular weight is 389 g/mol. The van der Waals surface area contributed by atoms with Gasteiger partial charge >= 0.3 is 5.97 Å². The Morgan fingerprint density at radius 1 is 1.22 bits per heavy atom. The molecule has 92 valence electrons. The molecular formula is C12H7Br2NO2S. The zero-order valence-corrected chi connectivity index (χ0v) is 12.9. The number of benzene rings is 1. The maximum Gasteiger partial charge on any atom is 0.336 e. The third kappa shape index (κ3) is 3.34. The topological polar surface area (TPSA) is 50.2 Å². The minimum absolute atomic E-state index is 0.247. The van der Waals surface area contributed by atoms with Crippen molar-refractivity contribution in [2.75, 3.05) is 0 Å². The first-order valence-corrected chi connectivity index (χ1v) is 7.29. The van der Waals surface area contributed by atoms with E-state index >= 15 is 0 Å². The number of halogens is 2. The van der Waals surface area contributed by atoms with Crippen LogP contribution in [-0.4, -0.2) is 16.1 Å². The highest BCUT2D eigenvalue weighted by molar-refractivity contribution is 9.10. The standard InChI is InChI=1S/C12H7Br2NO2S/c13-7-1-4-11(15-6-7)18-8-2-3-10(14)9(5-8)12(16)17/h1-6H,(H,16,17). The first kappa shape index (κ1) is 13.6. The van der Waals surface area contributed by atoms with Gasteiger partial charge in [-0.2, -0.15) is 0 Å². The van der Waals surface area contributed by atoms with Crippen LogP contribution in [0.15, 0.2) is 55.4 Å². The molecule has 0 spiro atoms. The number of aromatic carboxylic acids is 1. The summed E-state index contributed by atoms with van der Waals surface area (Å²) in [5.41, 5.74) is 0.247. The van der Waals surface area contributed by atoms with Gasteiger partial charge in [-0.15, -0.1) is 0 Å². The molecule has 0 atom stereocenters. The second kappa shape index (κ2) is 5.86. The molecule has 0 saturated heterocycles. The van der Waals surface area contributed by atoms with E-state index in [2.05, 4.69) is 36.8 Å². The van der Waals surface area contributed by atoms with Crippen LogP contribution in [0.5, 0.6) is 0 Å². The molecule has 0 bridgehead atoms. The van der Waals surface area contributed by atoms with Crippen LogP contribution in [0.1, 0.15) is 10.4 Å². The van der Waals surface area contributed by atoms with Gasteiger partial charge in [0.05, 0.1) is 5.56 Å². The molecular weight excluding hydrogens is 382 g/mol. The molecule has 0 amide bonds. The van der Waals surface area contributed by atoms with E-state index in [0.29, 0.717) is 4.47 Å². The van der Waals surface area contributed by atoms with Crippen molar-refractivity contribution in [3.05, 3.63) is 51.0 Å². The first-order valence-electron chi connectivity index (χ1n) is 4.88. The molecule has 2 rings (SSSR count). The Labute approximate surface area is 125 Å². The number of carboxylic acid groups (broad SMARTS) is 1. The van der Waals surface area contributed by atoms with Crippen LogP contribution in [0.3, 0.4) is 0 Å². The minimum atomic E-state index is -0.951. The summed E-state index contributed by atoms with van der Waals surface area (Å²) < 4.78 is 1.48. The molecule has 0 aliphatic rings. The van der Waals surface area contributed by atoms with E-state index in [4.69, 9.17) is 5.11 Å². The fourth-order valence-corrected chi connectivity index (χ4v) is 2.72. The number of hydrogen-bond donors (Lipinski definition) is 1. The molecule has 0 aliphatic heterocycles. The van der Waals surface area contributed by atoms with Gasteiger partial charge in [0.15, 0.2) is 0 Å². The van der Waals surface area contributed by atoms with Crippen molar-refractivity contribution in [2.45, 2.75) is 9.92 Å². The summed E-state index contributed by atoms with van der Waals surface area (Å²) in [4.78, 5) is 16.1.